The maximum atomic E-state index is 12.0. The molecule has 3 aliphatic heterocycles. The SMILES string of the molecule is Cl.O=C1CC2C(NC(=O)[C@@]23CCCN3)C(=O)N1. The molecule has 0 radical (unpaired) electrons. The Kier molecular flexibility index (Phi) is 2.87. The third kappa shape index (κ3) is 1.55. The molecule has 0 aliphatic carbocycles. The molecule has 94 valence electrons. The summed E-state index contributed by atoms with van der Waals surface area (Å²) in [6, 6.07) is -0.546. The van der Waals surface area contributed by atoms with E-state index in [1.807, 2.05) is 0 Å². The topological polar surface area (TPSA) is 87.3 Å². The van der Waals surface area contributed by atoms with Crippen molar-refractivity contribution in [1.29, 1.82) is 0 Å². The average Bonchev–Trinajstić information content (AvgIpc) is 2.79. The molecule has 0 aromatic rings. The molecule has 3 aliphatic rings. The van der Waals surface area contributed by atoms with Gasteiger partial charge >= 0.3 is 0 Å². The highest BCUT2D eigenvalue weighted by Gasteiger charge is 2.60. The second-order valence-corrected chi connectivity index (χ2v) is 4.68. The lowest BCUT2D eigenvalue weighted by Crippen LogP contribution is -2.57. The van der Waals surface area contributed by atoms with Crippen LogP contribution >= 0.6 is 12.4 Å². The van der Waals surface area contributed by atoms with E-state index in [9.17, 15) is 14.4 Å². The van der Waals surface area contributed by atoms with Gasteiger partial charge in [0.05, 0.1) is 0 Å². The minimum absolute atomic E-state index is 0. The summed E-state index contributed by atoms with van der Waals surface area (Å²) in [5, 5.41) is 8.13. The molecule has 3 atom stereocenters. The molecule has 3 saturated heterocycles. The van der Waals surface area contributed by atoms with E-state index in [4.69, 9.17) is 0 Å². The van der Waals surface area contributed by atoms with Gasteiger partial charge in [-0.3, -0.25) is 19.7 Å². The summed E-state index contributed by atoms with van der Waals surface area (Å²) in [4.78, 5) is 34.9. The van der Waals surface area contributed by atoms with Crippen LogP contribution in [0.2, 0.25) is 0 Å². The first-order valence-corrected chi connectivity index (χ1v) is 5.53. The minimum Gasteiger partial charge on any atom is -0.342 e. The molecular formula is C10H14ClN3O3. The summed E-state index contributed by atoms with van der Waals surface area (Å²) in [5.41, 5.74) is -0.682. The number of halogens is 1. The molecule has 17 heavy (non-hydrogen) atoms. The van der Waals surface area contributed by atoms with Crippen LogP contribution in [0.5, 0.6) is 0 Å². The summed E-state index contributed by atoms with van der Waals surface area (Å²) < 4.78 is 0. The first-order valence-electron chi connectivity index (χ1n) is 5.53. The number of carbonyl (C=O) groups is 3. The van der Waals surface area contributed by atoms with E-state index in [0.717, 1.165) is 13.0 Å². The average molecular weight is 260 g/mol. The van der Waals surface area contributed by atoms with Gasteiger partial charge in [-0.05, 0) is 19.4 Å². The van der Waals surface area contributed by atoms with E-state index in [-0.39, 0.29) is 42.5 Å². The van der Waals surface area contributed by atoms with E-state index in [2.05, 4.69) is 16.0 Å². The fraction of sp³-hybridized carbons (Fsp3) is 0.700. The zero-order valence-corrected chi connectivity index (χ0v) is 9.93. The molecule has 2 unspecified atom stereocenters. The lowest BCUT2D eigenvalue weighted by molar-refractivity contribution is -0.136. The summed E-state index contributed by atoms with van der Waals surface area (Å²) in [7, 11) is 0. The van der Waals surface area contributed by atoms with E-state index < -0.39 is 11.6 Å². The molecule has 0 bridgehead atoms. The first-order chi connectivity index (χ1) is 7.63. The Morgan fingerprint density at radius 1 is 1.24 bits per heavy atom. The summed E-state index contributed by atoms with van der Waals surface area (Å²) in [5.74, 6) is -1.02. The van der Waals surface area contributed by atoms with Crippen LogP contribution in [0.15, 0.2) is 0 Å². The maximum Gasteiger partial charge on any atom is 0.249 e. The third-order valence-corrected chi connectivity index (χ3v) is 3.87. The Morgan fingerprint density at radius 2 is 2.00 bits per heavy atom. The van der Waals surface area contributed by atoms with Crippen molar-refractivity contribution in [3.8, 4) is 0 Å². The Morgan fingerprint density at radius 3 is 2.65 bits per heavy atom. The van der Waals surface area contributed by atoms with Crippen LogP contribution in [0.1, 0.15) is 19.3 Å². The Balaban J connectivity index is 0.00000108. The minimum atomic E-state index is -0.682. The van der Waals surface area contributed by atoms with Crippen LogP contribution in [0, 0.1) is 5.92 Å². The lowest BCUT2D eigenvalue weighted by Gasteiger charge is -2.32. The highest BCUT2D eigenvalue weighted by molar-refractivity contribution is 6.06. The van der Waals surface area contributed by atoms with Crippen molar-refractivity contribution < 1.29 is 14.4 Å². The van der Waals surface area contributed by atoms with Crippen molar-refractivity contribution in [2.24, 2.45) is 5.92 Å². The smallest absolute Gasteiger partial charge is 0.249 e. The van der Waals surface area contributed by atoms with Crippen molar-refractivity contribution in [1.82, 2.24) is 16.0 Å². The van der Waals surface area contributed by atoms with Gasteiger partial charge in [-0.25, -0.2) is 0 Å². The van der Waals surface area contributed by atoms with Gasteiger partial charge < -0.3 is 10.6 Å². The van der Waals surface area contributed by atoms with Gasteiger partial charge in [-0.15, -0.1) is 12.4 Å². The molecule has 1 spiro atoms. The molecule has 3 heterocycles. The van der Waals surface area contributed by atoms with Crippen molar-refractivity contribution >= 4 is 30.1 Å². The second kappa shape index (κ2) is 3.96. The van der Waals surface area contributed by atoms with E-state index in [0.29, 0.717) is 6.42 Å². The van der Waals surface area contributed by atoms with Gasteiger partial charge in [0.2, 0.25) is 17.7 Å². The molecule has 3 N–H and O–H groups in total. The molecule has 0 saturated carbocycles. The number of fused-ring (bicyclic) bond motifs is 2. The van der Waals surface area contributed by atoms with Crippen LogP contribution in [0.4, 0.5) is 0 Å². The van der Waals surface area contributed by atoms with Crippen LogP contribution in [0.3, 0.4) is 0 Å². The fourth-order valence-electron chi connectivity index (χ4n) is 3.11. The predicted octanol–water partition coefficient (Wildman–Crippen LogP) is -1.31. The number of imide groups is 1. The van der Waals surface area contributed by atoms with Gasteiger partial charge in [-0.1, -0.05) is 0 Å². The summed E-state index contributed by atoms with van der Waals surface area (Å²) in [6.07, 6.45) is 1.86. The number of rotatable bonds is 0. The lowest BCUT2D eigenvalue weighted by atomic mass is 9.77. The highest BCUT2D eigenvalue weighted by atomic mass is 35.5. The zero-order chi connectivity index (χ0) is 11.3. The van der Waals surface area contributed by atoms with Gasteiger partial charge in [0, 0.05) is 12.3 Å². The van der Waals surface area contributed by atoms with Gasteiger partial charge in [-0.2, -0.15) is 0 Å². The molecule has 6 nitrogen and oxygen atoms in total. The van der Waals surface area contributed by atoms with Crippen LogP contribution in [-0.2, 0) is 14.4 Å². The van der Waals surface area contributed by atoms with Crippen molar-refractivity contribution in [2.75, 3.05) is 6.54 Å². The van der Waals surface area contributed by atoms with Crippen LogP contribution in [-0.4, -0.2) is 35.8 Å². The van der Waals surface area contributed by atoms with E-state index in [1.54, 1.807) is 0 Å². The van der Waals surface area contributed by atoms with Crippen molar-refractivity contribution in [3.63, 3.8) is 0 Å². The third-order valence-electron chi connectivity index (χ3n) is 3.87. The molecule has 3 rings (SSSR count). The van der Waals surface area contributed by atoms with Gasteiger partial charge in [0.15, 0.2) is 0 Å². The van der Waals surface area contributed by atoms with Crippen LogP contribution in [0.25, 0.3) is 0 Å². The molecule has 7 heteroatoms. The van der Waals surface area contributed by atoms with E-state index >= 15 is 0 Å². The monoisotopic (exact) mass is 259 g/mol. The largest absolute Gasteiger partial charge is 0.342 e. The standard InChI is InChI=1S/C10H13N3O3.ClH/c14-6-4-5-7(8(15)12-6)13-9(16)10(5)2-1-3-11-10;/h5,7,11H,1-4H2,(H,13,16)(H,12,14,15);1H/t5?,7?,10-;/m1./s1. The number of piperidine rings is 1. The Labute approximate surface area is 104 Å². The highest BCUT2D eigenvalue weighted by Crippen LogP contribution is 2.38. The summed E-state index contributed by atoms with van der Waals surface area (Å²) >= 11 is 0. The Hall–Kier alpha value is -1.14. The Bertz CT molecular complexity index is 392. The van der Waals surface area contributed by atoms with Crippen LogP contribution < -0.4 is 16.0 Å². The van der Waals surface area contributed by atoms with Gasteiger partial charge in [0.25, 0.3) is 0 Å². The number of hydrogen-bond acceptors (Lipinski definition) is 4. The molecule has 3 amide bonds. The number of carbonyl (C=O) groups excluding carboxylic acids is 3. The normalized spacial score (nSPS) is 39.6. The first kappa shape index (κ1) is 12.3. The number of hydrogen-bond donors (Lipinski definition) is 3. The number of nitrogens with one attached hydrogen (secondary N) is 3. The van der Waals surface area contributed by atoms with E-state index in [1.165, 1.54) is 0 Å². The quantitative estimate of drug-likeness (QED) is 0.472. The van der Waals surface area contributed by atoms with Crippen molar-refractivity contribution in [3.05, 3.63) is 0 Å². The summed E-state index contributed by atoms with van der Waals surface area (Å²) in [6.45, 7) is 0.770. The number of amides is 3. The maximum absolute atomic E-state index is 12.0. The molecule has 0 aromatic heterocycles. The fourth-order valence-corrected chi connectivity index (χ4v) is 3.11. The molecule has 0 aromatic carbocycles. The molecule has 3 fully saturated rings. The zero-order valence-electron chi connectivity index (χ0n) is 9.12. The predicted molar refractivity (Wildman–Crippen MR) is 60.4 cm³/mol. The second-order valence-electron chi connectivity index (χ2n) is 4.68. The van der Waals surface area contributed by atoms with Gasteiger partial charge in [0.1, 0.15) is 11.6 Å². The van der Waals surface area contributed by atoms with Crippen molar-refractivity contribution in [2.45, 2.75) is 30.8 Å². The molecular weight excluding hydrogens is 246 g/mol.